The zero-order chi connectivity index (χ0) is 13.6. The molecule has 0 amide bonds. The van der Waals surface area contributed by atoms with E-state index in [1.54, 1.807) is 0 Å². The quantitative estimate of drug-likeness (QED) is 0.828. The Balaban J connectivity index is 1.92. The fourth-order valence-electron chi connectivity index (χ4n) is 4.04. The van der Waals surface area contributed by atoms with Crippen LogP contribution >= 0.6 is 15.9 Å². The third-order valence-electron chi connectivity index (χ3n) is 5.20. The molecule has 2 nitrogen and oxygen atoms in total. The van der Waals surface area contributed by atoms with Gasteiger partial charge in [-0.2, -0.15) is 0 Å². The van der Waals surface area contributed by atoms with Crippen molar-refractivity contribution in [3.63, 3.8) is 0 Å². The fourth-order valence-corrected chi connectivity index (χ4v) is 4.42. The molecule has 1 saturated carbocycles. The average molecular weight is 325 g/mol. The van der Waals surface area contributed by atoms with Crippen molar-refractivity contribution in [3.05, 3.63) is 33.8 Å². The molecule has 1 spiro atoms. The van der Waals surface area contributed by atoms with Gasteiger partial charge in [0.15, 0.2) is 0 Å². The summed E-state index contributed by atoms with van der Waals surface area (Å²) in [4.78, 5) is 0. The lowest BCUT2D eigenvalue weighted by atomic mass is 9.65. The van der Waals surface area contributed by atoms with Crippen LogP contribution in [0.1, 0.15) is 49.8 Å². The summed E-state index contributed by atoms with van der Waals surface area (Å²) >= 11 is 3.49. The van der Waals surface area contributed by atoms with Gasteiger partial charge in [0.25, 0.3) is 0 Å². The van der Waals surface area contributed by atoms with Crippen molar-refractivity contribution in [3.8, 4) is 0 Å². The van der Waals surface area contributed by atoms with Crippen molar-refractivity contribution in [1.82, 2.24) is 0 Å². The second kappa shape index (κ2) is 4.87. The van der Waals surface area contributed by atoms with E-state index in [1.807, 2.05) is 0 Å². The maximum atomic E-state index is 10.8. The van der Waals surface area contributed by atoms with E-state index in [2.05, 4.69) is 41.1 Å². The standard InChI is InChI=1S/C16H21BrO2/c1-2-10-8-16(6-5-14(10)18)9-11-3-4-12(17)7-13(11)15(16)19/h3-4,7,10,14-15,18-19H,2,5-6,8-9H2,1H3/t10-,14-,15?,16-/m1/s1. The van der Waals surface area contributed by atoms with Gasteiger partial charge in [0.05, 0.1) is 12.2 Å². The molecule has 3 rings (SSSR count). The topological polar surface area (TPSA) is 40.5 Å². The van der Waals surface area contributed by atoms with Crippen molar-refractivity contribution in [2.75, 3.05) is 0 Å². The van der Waals surface area contributed by atoms with Crippen LogP contribution in [0.5, 0.6) is 0 Å². The highest BCUT2D eigenvalue weighted by molar-refractivity contribution is 9.10. The van der Waals surface area contributed by atoms with Gasteiger partial charge in [-0.1, -0.05) is 35.3 Å². The molecule has 0 aromatic heterocycles. The van der Waals surface area contributed by atoms with Crippen molar-refractivity contribution in [2.45, 2.75) is 51.2 Å². The molecular weight excluding hydrogens is 304 g/mol. The lowest BCUT2D eigenvalue weighted by Crippen LogP contribution is -2.39. The van der Waals surface area contributed by atoms with Gasteiger partial charge in [0.1, 0.15) is 0 Å². The molecule has 0 heterocycles. The SMILES string of the molecule is CC[C@@H]1C[C@]2(CC[C@H]1O)Cc1ccc(Br)cc1C2O. The summed E-state index contributed by atoms with van der Waals surface area (Å²) in [5.41, 5.74) is 2.32. The van der Waals surface area contributed by atoms with Crippen LogP contribution in [0.25, 0.3) is 0 Å². The normalized spacial score (nSPS) is 37.6. The third kappa shape index (κ3) is 2.16. The van der Waals surface area contributed by atoms with Gasteiger partial charge >= 0.3 is 0 Å². The summed E-state index contributed by atoms with van der Waals surface area (Å²) in [6.07, 6.45) is 4.09. The number of aliphatic hydroxyl groups is 2. The van der Waals surface area contributed by atoms with Gasteiger partial charge in [-0.15, -0.1) is 0 Å². The molecule has 1 unspecified atom stereocenters. The predicted octanol–water partition coefficient (Wildman–Crippen LogP) is 3.60. The summed E-state index contributed by atoms with van der Waals surface area (Å²) < 4.78 is 1.03. The second-order valence-electron chi connectivity index (χ2n) is 6.26. The van der Waals surface area contributed by atoms with Gasteiger partial charge < -0.3 is 10.2 Å². The predicted molar refractivity (Wildman–Crippen MR) is 78.9 cm³/mol. The Bertz CT molecular complexity index is 488. The Morgan fingerprint density at radius 2 is 2.16 bits per heavy atom. The Kier molecular flexibility index (Phi) is 3.48. The molecule has 0 bridgehead atoms. The van der Waals surface area contributed by atoms with E-state index in [-0.39, 0.29) is 17.6 Å². The van der Waals surface area contributed by atoms with Gasteiger partial charge in [-0.3, -0.25) is 0 Å². The highest BCUT2D eigenvalue weighted by atomic mass is 79.9. The van der Waals surface area contributed by atoms with Crippen molar-refractivity contribution in [1.29, 1.82) is 0 Å². The zero-order valence-electron chi connectivity index (χ0n) is 11.3. The second-order valence-corrected chi connectivity index (χ2v) is 7.18. The highest BCUT2D eigenvalue weighted by Crippen LogP contribution is 2.55. The maximum Gasteiger partial charge on any atom is 0.0852 e. The minimum absolute atomic E-state index is 0.0387. The molecule has 0 saturated heterocycles. The van der Waals surface area contributed by atoms with Crippen molar-refractivity contribution in [2.24, 2.45) is 11.3 Å². The van der Waals surface area contributed by atoms with Crippen molar-refractivity contribution < 1.29 is 10.2 Å². The fraction of sp³-hybridized carbons (Fsp3) is 0.625. The molecule has 19 heavy (non-hydrogen) atoms. The Morgan fingerprint density at radius 3 is 2.89 bits per heavy atom. The van der Waals surface area contributed by atoms with E-state index < -0.39 is 0 Å². The molecule has 1 fully saturated rings. The highest BCUT2D eigenvalue weighted by Gasteiger charge is 2.49. The molecule has 0 aliphatic heterocycles. The molecule has 3 heteroatoms. The van der Waals surface area contributed by atoms with E-state index >= 15 is 0 Å². The smallest absolute Gasteiger partial charge is 0.0852 e. The Morgan fingerprint density at radius 1 is 1.37 bits per heavy atom. The summed E-state index contributed by atoms with van der Waals surface area (Å²) in [5.74, 6) is 0.334. The van der Waals surface area contributed by atoms with Crippen LogP contribution in [-0.4, -0.2) is 16.3 Å². The van der Waals surface area contributed by atoms with Gasteiger partial charge in [-0.25, -0.2) is 0 Å². The van der Waals surface area contributed by atoms with Crippen LogP contribution in [0, 0.1) is 11.3 Å². The first-order chi connectivity index (χ1) is 9.05. The summed E-state index contributed by atoms with van der Waals surface area (Å²) in [7, 11) is 0. The first-order valence-corrected chi connectivity index (χ1v) is 7.99. The molecule has 1 aromatic rings. The van der Waals surface area contributed by atoms with E-state index in [0.717, 1.165) is 42.1 Å². The molecule has 4 atom stereocenters. The van der Waals surface area contributed by atoms with Crippen LogP contribution in [0.15, 0.2) is 22.7 Å². The minimum atomic E-state index is -0.374. The lowest BCUT2D eigenvalue weighted by molar-refractivity contribution is -0.0543. The van der Waals surface area contributed by atoms with Gasteiger partial charge in [0.2, 0.25) is 0 Å². The molecule has 1 aromatic carbocycles. The summed E-state index contributed by atoms with van der Waals surface area (Å²) in [6, 6.07) is 6.24. The minimum Gasteiger partial charge on any atom is -0.393 e. The Hall–Kier alpha value is -0.380. The number of hydrogen-bond donors (Lipinski definition) is 2. The molecule has 104 valence electrons. The van der Waals surface area contributed by atoms with Crippen LogP contribution in [0.4, 0.5) is 0 Å². The molecule has 0 radical (unpaired) electrons. The van der Waals surface area contributed by atoms with E-state index in [0.29, 0.717) is 5.92 Å². The van der Waals surface area contributed by atoms with Gasteiger partial charge in [0, 0.05) is 9.89 Å². The van der Waals surface area contributed by atoms with Gasteiger partial charge in [-0.05, 0) is 54.9 Å². The largest absolute Gasteiger partial charge is 0.393 e. The summed E-state index contributed by atoms with van der Waals surface area (Å²) in [6.45, 7) is 2.14. The van der Waals surface area contributed by atoms with Crippen LogP contribution < -0.4 is 0 Å². The number of hydrogen-bond acceptors (Lipinski definition) is 2. The number of halogens is 1. The summed E-state index contributed by atoms with van der Waals surface area (Å²) in [5, 5.41) is 20.8. The molecule has 2 aliphatic carbocycles. The van der Waals surface area contributed by atoms with E-state index in [9.17, 15) is 10.2 Å². The van der Waals surface area contributed by atoms with Crippen LogP contribution in [0.3, 0.4) is 0 Å². The first kappa shape index (κ1) is 13.6. The van der Waals surface area contributed by atoms with Crippen LogP contribution in [-0.2, 0) is 6.42 Å². The molecule has 2 N–H and O–H groups in total. The number of rotatable bonds is 1. The van der Waals surface area contributed by atoms with E-state index in [4.69, 9.17) is 0 Å². The average Bonchev–Trinajstić information content (AvgIpc) is 2.67. The van der Waals surface area contributed by atoms with Crippen molar-refractivity contribution >= 4 is 15.9 Å². The third-order valence-corrected chi connectivity index (χ3v) is 5.69. The number of benzene rings is 1. The molecular formula is C16H21BrO2. The number of aliphatic hydroxyl groups excluding tert-OH is 2. The molecule has 2 aliphatic rings. The van der Waals surface area contributed by atoms with Crippen LogP contribution in [0.2, 0.25) is 0 Å². The monoisotopic (exact) mass is 324 g/mol. The lowest BCUT2D eigenvalue weighted by Gasteiger charge is -2.43. The Labute approximate surface area is 123 Å². The number of fused-ring (bicyclic) bond motifs is 1. The maximum absolute atomic E-state index is 10.8. The zero-order valence-corrected chi connectivity index (χ0v) is 12.9. The van der Waals surface area contributed by atoms with E-state index in [1.165, 1.54) is 5.56 Å². The first-order valence-electron chi connectivity index (χ1n) is 7.20.